The number of guanidine groups is 1. The van der Waals surface area contributed by atoms with Crippen molar-refractivity contribution in [3.63, 3.8) is 0 Å². The number of likely N-dealkylation sites (N-methyl/N-ethyl adjacent to an activating group) is 1. The van der Waals surface area contributed by atoms with Gasteiger partial charge in [-0.15, -0.1) is 0 Å². The molecule has 2 aliphatic rings. The van der Waals surface area contributed by atoms with E-state index in [4.69, 9.17) is 0 Å². The third-order valence-corrected chi connectivity index (χ3v) is 5.33. The van der Waals surface area contributed by atoms with Crippen molar-refractivity contribution in [2.75, 3.05) is 45.8 Å². The highest BCUT2D eigenvalue weighted by Crippen LogP contribution is 2.32. The first-order valence-corrected chi connectivity index (χ1v) is 8.89. The van der Waals surface area contributed by atoms with Crippen LogP contribution in [-0.4, -0.2) is 65.9 Å². The third kappa shape index (κ3) is 3.97. The molecule has 2 aliphatic heterocycles. The van der Waals surface area contributed by atoms with Crippen LogP contribution in [0, 0.1) is 0 Å². The molecule has 1 saturated heterocycles. The molecule has 0 aromatic heterocycles. The van der Waals surface area contributed by atoms with Gasteiger partial charge < -0.3 is 9.80 Å². The van der Waals surface area contributed by atoms with Gasteiger partial charge in [0, 0.05) is 31.1 Å². The van der Waals surface area contributed by atoms with Crippen LogP contribution in [0.5, 0.6) is 0 Å². The molecule has 0 spiro atoms. The summed E-state index contributed by atoms with van der Waals surface area (Å²) in [6.45, 7) is 8.67. The molecular weight excluding hydrogens is 337 g/mol. The highest BCUT2D eigenvalue weighted by molar-refractivity contribution is 7.97. The van der Waals surface area contributed by atoms with Gasteiger partial charge in [-0.05, 0) is 42.8 Å². The highest BCUT2D eigenvalue weighted by atomic mass is 32.2. The van der Waals surface area contributed by atoms with Gasteiger partial charge in [-0.25, -0.2) is 0 Å². The predicted octanol–water partition coefficient (Wildman–Crippen LogP) is 3.02. The molecule has 0 amide bonds. The summed E-state index contributed by atoms with van der Waals surface area (Å²) in [6, 6.07) is 5.32. The van der Waals surface area contributed by atoms with Crippen LogP contribution >= 0.6 is 11.9 Å². The number of benzene rings is 1. The van der Waals surface area contributed by atoms with Gasteiger partial charge in [0.2, 0.25) is 5.96 Å². The van der Waals surface area contributed by atoms with Crippen LogP contribution in [0.3, 0.4) is 0 Å². The number of piperazine rings is 1. The highest BCUT2D eigenvalue weighted by Gasteiger charge is 2.30. The fraction of sp³-hybridized carbons (Fsp3) is 0.562. The molecule has 0 radical (unpaired) electrons. The topological polar surface area (TPSA) is 22.1 Å². The average Bonchev–Trinajstić information content (AvgIpc) is 3.03. The molecule has 132 valence electrons. The first-order chi connectivity index (χ1) is 11.5. The first kappa shape index (κ1) is 17.4. The van der Waals surface area contributed by atoms with Crippen LogP contribution in [0.2, 0.25) is 0 Å². The fourth-order valence-corrected chi connectivity index (χ4v) is 3.80. The van der Waals surface area contributed by atoms with E-state index < -0.39 is 11.7 Å². The van der Waals surface area contributed by atoms with Crippen molar-refractivity contribution in [2.45, 2.75) is 18.0 Å². The predicted molar refractivity (Wildman–Crippen MR) is 90.0 cm³/mol. The van der Waals surface area contributed by atoms with Crippen LogP contribution in [0.25, 0.3) is 0 Å². The van der Waals surface area contributed by atoms with Crippen LogP contribution < -0.4 is 0 Å². The number of aliphatic imine (C=N–C) groups is 1. The van der Waals surface area contributed by atoms with E-state index in [1.807, 2.05) is 0 Å². The van der Waals surface area contributed by atoms with Gasteiger partial charge in [-0.2, -0.15) is 13.2 Å². The maximum absolute atomic E-state index is 12.6. The van der Waals surface area contributed by atoms with Gasteiger partial charge in [0.25, 0.3) is 0 Å². The molecule has 1 aromatic carbocycles. The van der Waals surface area contributed by atoms with E-state index >= 15 is 0 Å². The molecule has 8 heteroatoms. The molecule has 4 nitrogen and oxygen atoms in total. The van der Waals surface area contributed by atoms with E-state index in [-0.39, 0.29) is 0 Å². The molecule has 0 atom stereocenters. The summed E-state index contributed by atoms with van der Waals surface area (Å²) < 4.78 is 40.0. The minimum Gasteiger partial charge on any atom is -0.340 e. The zero-order chi connectivity index (χ0) is 17.2. The summed E-state index contributed by atoms with van der Waals surface area (Å²) in [7, 11) is 0. The van der Waals surface area contributed by atoms with E-state index in [1.165, 1.54) is 24.1 Å². The molecule has 2 heterocycles. The Kier molecular flexibility index (Phi) is 5.24. The number of rotatable bonds is 3. The van der Waals surface area contributed by atoms with Gasteiger partial charge in [0.15, 0.2) is 0 Å². The second-order valence-electron chi connectivity index (χ2n) is 5.82. The van der Waals surface area contributed by atoms with Crippen molar-refractivity contribution in [1.82, 2.24) is 14.1 Å². The molecule has 24 heavy (non-hydrogen) atoms. The zero-order valence-electron chi connectivity index (χ0n) is 13.6. The number of hydrogen-bond acceptors (Lipinski definition) is 5. The fourth-order valence-electron chi connectivity index (χ4n) is 2.86. The maximum Gasteiger partial charge on any atom is 0.416 e. The average molecular weight is 358 g/mol. The minimum absolute atomic E-state index is 0.613. The smallest absolute Gasteiger partial charge is 0.340 e. The minimum atomic E-state index is -4.29. The van der Waals surface area contributed by atoms with Gasteiger partial charge in [0.05, 0.1) is 18.7 Å². The molecule has 0 N–H and O–H groups in total. The summed E-state index contributed by atoms with van der Waals surface area (Å²) in [5.74, 6) is 0.954. The van der Waals surface area contributed by atoms with Crippen LogP contribution in [0.15, 0.2) is 34.2 Å². The molecule has 0 bridgehead atoms. The molecule has 1 fully saturated rings. The molecular formula is C16H21F3N4S. The SMILES string of the molecule is CCN1CCN(C2=NCCN2Sc2ccc(C(F)(F)F)cc2)CC1. The summed E-state index contributed by atoms with van der Waals surface area (Å²) in [5.41, 5.74) is -0.613. The van der Waals surface area contributed by atoms with Gasteiger partial charge in [-0.1, -0.05) is 6.92 Å². The quantitative estimate of drug-likeness (QED) is 0.775. The number of alkyl halides is 3. The van der Waals surface area contributed by atoms with Crippen molar-refractivity contribution in [3.8, 4) is 0 Å². The number of nitrogens with zero attached hydrogens (tertiary/aromatic N) is 4. The van der Waals surface area contributed by atoms with Crippen molar-refractivity contribution >= 4 is 17.9 Å². The molecule has 0 saturated carbocycles. The van der Waals surface area contributed by atoms with Crippen LogP contribution in [-0.2, 0) is 6.18 Å². The van der Waals surface area contributed by atoms with E-state index in [0.717, 1.165) is 68.8 Å². The second-order valence-corrected chi connectivity index (χ2v) is 6.91. The molecule has 3 rings (SSSR count). The Labute approximate surface area is 144 Å². The maximum atomic E-state index is 12.6. The molecule has 0 aliphatic carbocycles. The Balaban J connectivity index is 1.62. The lowest BCUT2D eigenvalue weighted by molar-refractivity contribution is -0.137. The largest absolute Gasteiger partial charge is 0.416 e. The molecule has 1 aromatic rings. The lowest BCUT2D eigenvalue weighted by atomic mass is 10.2. The lowest BCUT2D eigenvalue weighted by Crippen LogP contribution is -2.51. The summed E-state index contributed by atoms with van der Waals surface area (Å²) in [4.78, 5) is 10.1. The summed E-state index contributed by atoms with van der Waals surface area (Å²) >= 11 is 1.46. The normalized spacial score (nSPS) is 19.8. The number of hydrogen-bond donors (Lipinski definition) is 0. The Bertz CT molecular complexity index is 580. The Hall–Kier alpha value is -1.41. The van der Waals surface area contributed by atoms with Crippen LogP contribution in [0.1, 0.15) is 12.5 Å². The van der Waals surface area contributed by atoms with Gasteiger partial charge >= 0.3 is 6.18 Å². The Morgan fingerprint density at radius 3 is 2.29 bits per heavy atom. The van der Waals surface area contributed by atoms with E-state index in [2.05, 4.69) is 26.0 Å². The Morgan fingerprint density at radius 2 is 1.71 bits per heavy atom. The summed E-state index contributed by atoms with van der Waals surface area (Å²) in [6.07, 6.45) is -4.29. The van der Waals surface area contributed by atoms with Crippen molar-refractivity contribution in [1.29, 1.82) is 0 Å². The van der Waals surface area contributed by atoms with E-state index in [1.54, 1.807) is 0 Å². The lowest BCUT2D eigenvalue weighted by Gasteiger charge is -2.37. The zero-order valence-corrected chi connectivity index (χ0v) is 14.4. The van der Waals surface area contributed by atoms with Crippen LogP contribution in [0.4, 0.5) is 13.2 Å². The summed E-state index contributed by atoms with van der Waals surface area (Å²) in [5, 5.41) is 0. The van der Waals surface area contributed by atoms with Crippen molar-refractivity contribution < 1.29 is 13.2 Å². The number of halogens is 3. The standard InChI is InChI=1S/C16H21F3N4S/c1-2-21-9-11-22(12-10-21)15-20-7-8-23(15)24-14-5-3-13(4-6-14)16(17,18)19/h3-6H,2,7-12H2,1H3. The van der Waals surface area contributed by atoms with E-state index in [0.29, 0.717) is 0 Å². The second kappa shape index (κ2) is 7.23. The van der Waals surface area contributed by atoms with E-state index in [9.17, 15) is 13.2 Å². The first-order valence-electron chi connectivity index (χ1n) is 8.12. The van der Waals surface area contributed by atoms with Crippen molar-refractivity contribution in [3.05, 3.63) is 29.8 Å². The third-order valence-electron chi connectivity index (χ3n) is 4.28. The Morgan fingerprint density at radius 1 is 1.04 bits per heavy atom. The monoisotopic (exact) mass is 358 g/mol. The van der Waals surface area contributed by atoms with Crippen molar-refractivity contribution in [2.24, 2.45) is 4.99 Å². The van der Waals surface area contributed by atoms with Gasteiger partial charge in [-0.3, -0.25) is 9.30 Å². The molecule has 0 unspecified atom stereocenters. The van der Waals surface area contributed by atoms with Gasteiger partial charge in [0.1, 0.15) is 0 Å².